The summed E-state index contributed by atoms with van der Waals surface area (Å²) in [6.07, 6.45) is 0. The SMILES string of the molecule is CN(Cc1ccc(F)cc1)C(=O)c1ccc(F)cc1Cl. The molecule has 0 aliphatic rings. The summed E-state index contributed by atoms with van der Waals surface area (Å²) in [6, 6.07) is 9.50. The van der Waals surface area contributed by atoms with Crippen LogP contribution in [0.15, 0.2) is 42.5 Å². The maximum absolute atomic E-state index is 13.0. The molecule has 0 saturated carbocycles. The van der Waals surface area contributed by atoms with E-state index in [-0.39, 0.29) is 22.3 Å². The van der Waals surface area contributed by atoms with Gasteiger partial charge in [0.15, 0.2) is 0 Å². The highest BCUT2D eigenvalue weighted by atomic mass is 35.5. The first-order chi connectivity index (χ1) is 9.47. The van der Waals surface area contributed by atoms with Crippen LogP contribution in [-0.4, -0.2) is 17.9 Å². The molecule has 2 aromatic rings. The highest BCUT2D eigenvalue weighted by Gasteiger charge is 2.15. The van der Waals surface area contributed by atoms with Gasteiger partial charge in [0, 0.05) is 13.6 Å². The third-order valence-corrected chi connectivity index (χ3v) is 3.15. The monoisotopic (exact) mass is 295 g/mol. The normalized spacial score (nSPS) is 10.4. The van der Waals surface area contributed by atoms with E-state index in [4.69, 9.17) is 11.6 Å². The van der Waals surface area contributed by atoms with Crippen molar-refractivity contribution in [2.75, 3.05) is 7.05 Å². The molecule has 0 aliphatic heterocycles. The van der Waals surface area contributed by atoms with E-state index in [1.54, 1.807) is 19.2 Å². The van der Waals surface area contributed by atoms with Gasteiger partial charge in [-0.3, -0.25) is 4.79 Å². The van der Waals surface area contributed by atoms with Crippen LogP contribution in [0.25, 0.3) is 0 Å². The minimum Gasteiger partial charge on any atom is -0.337 e. The molecule has 0 saturated heterocycles. The van der Waals surface area contributed by atoms with Crippen LogP contribution in [-0.2, 0) is 6.54 Å². The summed E-state index contributed by atoms with van der Waals surface area (Å²) >= 11 is 5.86. The lowest BCUT2D eigenvalue weighted by Gasteiger charge is -2.18. The lowest BCUT2D eigenvalue weighted by Crippen LogP contribution is -2.26. The molecule has 2 nitrogen and oxygen atoms in total. The van der Waals surface area contributed by atoms with Gasteiger partial charge in [-0.15, -0.1) is 0 Å². The molecule has 2 rings (SSSR count). The first kappa shape index (κ1) is 14.5. The number of halogens is 3. The molecule has 5 heteroatoms. The van der Waals surface area contributed by atoms with E-state index in [1.165, 1.54) is 29.2 Å². The Kier molecular flexibility index (Phi) is 4.35. The van der Waals surface area contributed by atoms with Gasteiger partial charge in [-0.05, 0) is 35.9 Å². The number of carbonyl (C=O) groups is 1. The Bertz CT molecular complexity index is 628. The summed E-state index contributed by atoms with van der Waals surface area (Å²) in [5, 5.41) is 0.0703. The van der Waals surface area contributed by atoms with E-state index in [0.29, 0.717) is 6.54 Å². The number of carbonyl (C=O) groups excluding carboxylic acids is 1. The van der Waals surface area contributed by atoms with Crippen molar-refractivity contribution in [1.82, 2.24) is 4.90 Å². The van der Waals surface area contributed by atoms with Gasteiger partial charge < -0.3 is 4.90 Å². The Labute approximate surface area is 120 Å². The Morgan fingerprint density at radius 2 is 1.70 bits per heavy atom. The molecule has 0 atom stereocenters. The van der Waals surface area contributed by atoms with E-state index in [1.807, 2.05) is 0 Å². The second-order valence-electron chi connectivity index (χ2n) is 4.41. The Balaban J connectivity index is 2.14. The lowest BCUT2D eigenvalue weighted by atomic mass is 10.1. The maximum Gasteiger partial charge on any atom is 0.255 e. The summed E-state index contributed by atoms with van der Waals surface area (Å²) in [5.41, 5.74) is 1.03. The van der Waals surface area contributed by atoms with Crippen molar-refractivity contribution in [3.8, 4) is 0 Å². The van der Waals surface area contributed by atoms with Crippen molar-refractivity contribution in [2.45, 2.75) is 6.54 Å². The van der Waals surface area contributed by atoms with E-state index >= 15 is 0 Å². The van der Waals surface area contributed by atoms with Crippen molar-refractivity contribution < 1.29 is 13.6 Å². The van der Waals surface area contributed by atoms with Crippen molar-refractivity contribution in [3.05, 3.63) is 70.2 Å². The van der Waals surface area contributed by atoms with E-state index < -0.39 is 5.82 Å². The molecule has 0 bridgehead atoms. The fraction of sp³-hybridized carbons (Fsp3) is 0.133. The summed E-state index contributed by atoms with van der Waals surface area (Å²) < 4.78 is 25.8. The zero-order valence-corrected chi connectivity index (χ0v) is 11.5. The average Bonchev–Trinajstić information content (AvgIpc) is 2.40. The highest BCUT2D eigenvalue weighted by Crippen LogP contribution is 2.19. The topological polar surface area (TPSA) is 20.3 Å². The lowest BCUT2D eigenvalue weighted by molar-refractivity contribution is 0.0785. The molecule has 0 spiro atoms. The van der Waals surface area contributed by atoms with Crippen LogP contribution in [0.1, 0.15) is 15.9 Å². The number of hydrogen-bond acceptors (Lipinski definition) is 1. The molecule has 1 amide bonds. The zero-order chi connectivity index (χ0) is 14.7. The average molecular weight is 296 g/mol. The second kappa shape index (κ2) is 6.01. The van der Waals surface area contributed by atoms with Gasteiger partial charge in [0.05, 0.1) is 10.6 Å². The predicted octanol–water partition coefficient (Wildman–Crippen LogP) is 3.89. The van der Waals surface area contributed by atoms with E-state index in [9.17, 15) is 13.6 Å². The van der Waals surface area contributed by atoms with E-state index in [2.05, 4.69) is 0 Å². The minimum atomic E-state index is -0.493. The van der Waals surface area contributed by atoms with Crippen LogP contribution >= 0.6 is 11.6 Å². The first-order valence-electron chi connectivity index (χ1n) is 5.92. The number of amides is 1. The van der Waals surface area contributed by atoms with Gasteiger partial charge in [-0.25, -0.2) is 8.78 Å². The molecular formula is C15H12ClF2NO. The van der Waals surface area contributed by atoms with Crippen LogP contribution in [0.5, 0.6) is 0 Å². The molecule has 0 N–H and O–H groups in total. The van der Waals surface area contributed by atoms with Crippen molar-refractivity contribution >= 4 is 17.5 Å². The molecule has 0 aliphatic carbocycles. The van der Waals surface area contributed by atoms with Crippen LogP contribution in [0.4, 0.5) is 8.78 Å². The molecule has 0 unspecified atom stereocenters. The Hall–Kier alpha value is -1.94. The largest absolute Gasteiger partial charge is 0.337 e. The van der Waals surface area contributed by atoms with Crippen LogP contribution in [0.2, 0.25) is 5.02 Å². The van der Waals surface area contributed by atoms with Crippen molar-refractivity contribution in [2.24, 2.45) is 0 Å². The van der Waals surface area contributed by atoms with Crippen molar-refractivity contribution in [3.63, 3.8) is 0 Å². The van der Waals surface area contributed by atoms with Crippen LogP contribution in [0.3, 0.4) is 0 Å². The summed E-state index contributed by atoms with van der Waals surface area (Å²) in [4.78, 5) is 13.6. The third kappa shape index (κ3) is 3.33. The number of nitrogens with zero attached hydrogens (tertiary/aromatic N) is 1. The first-order valence-corrected chi connectivity index (χ1v) is 6.30. The van der Waals surface area contributed by atoms with Gasteiger partial charge in [-0.2, -0.15) is 0 Å². The molecule has 0 aromatic heterocycles. The molecular weight excluding hydrogens is 284 g/mol. The van der Waals surface area contributed by atoms with Gasteiger partial charge in [0.25, 0.3) is 5.91 Å². The molecule has 104 valence electrons. The van der Waals surface area contributed by atoms with Gasteiger partial charge in [0.1, 0.15) is 11.6 Å². The summed E-state index contributed by atoms with van der Waals surface area (Å²) in [7, 11) is 1.60. The highest BCUT2D eigenvalue weighted by molar-refractivity contribution is 6.33. The standard InChI is InChI=1S/C15H12ClF2NO/c1-19(9-10-2-4-11(17)5-3-10)15(20)13-7-6-12(18)8-14(13)16/h2-8H,9H2,1H3. The smallest absolute Gasteiger partial charge is 0.255 e. The summed E-state index contributed by atoms with van der Waals surface area (Å²) in [6.45, 7) is 0.312. The van der Waals surface area contributed by atoms with Gasteiger partial charge >= 0.3 is 0 Å². The zero-order valence-electron chi connectivity index (χ0n) is 10.7. The molecule has 0 radical (unpaired) electrons. The Morgan fingerprint density at radius 1 is 1.10 bits per heavy atom. The number of rotatable bonds is 3. The number of benzene rings is 2. The van der Waals surface area contributed by atoms with Gasteiger partial charge in [-0.1, -0.05) is 23.7 Å². The fourth-order valence-corrected chi connectivity index (χ4v) is 2.05. The summed E-state index contributed by atoms with van der Waals surface area (Å²) in [5.74, 6) is -1.14. The minimum absolute atomic E-state index is 0.0703. The maximum atomic E-state index is 13.0. The third-order valence-electron chi connectivity index (χ3n) is 2.84. The fourth-order valence-electron chi connectivity index (χ4n) is 1.80. The molecule has 0 heterocycles. The van der Waals surface area contributed by atoms with Crippen LogP contribution < -0.4 is 0 Å². The van der Waals surface area contributed by atoms with Crippen molar-refractivity contribution in [1.29, 1.82) is 0 Å². The quantitative estimate of drug-likeness (QED) is 0.841. The molecule has 2 aromatic carbocycles. The number of hydrogen-bond donors (Lipinski definition) is 0. The second-order valence-corrected chi connectivity index (χ2v) is 4.82. The van der Waals surface area contributed by atoms with E-state index in [0.717, 1.165) is 11.6 Å². The molecule has 0 fully saturated rings. The predicted molar refractivity (Wildman–Crippen MR) is 73.6 cm³/mol. The molecule has 20 heavy (non-hydrogen) atoms. The van der Waals surface area contributed by atoms with Crippen LogP contribution in [0, 0.1) is 11.6 Å². The van der Waals surface area contributed by atoms with Gasteiger partial charge in [0.2, 0.25) is 0 Å². The Morgan fingerprint density at radius 3 is 2.30 bits per heavy atom.